The Hall–Kier alpha value is -3.47. The van der Waals surface area contributed by atoms with Crippen molar-refractivity contribution >= 4 is 11.8 Å². The fraction of sp³-hybridized carbons (Fsp3) is 0.174. The van der Waals surface area contributed by atoms with Crippen molar-refractivity contribution in [3.05, 3.63) is 101 Å². The number of hydrogen-bond donors (Lipinski definition) is 2. The number of nitrogens with one attached hydrogen (secondary N) is 2. The van der Waals surface area contributed by atoms with Crippen molar-refractivity contribution in [2.75, 3.05) is 6.54 Å². The first-order valence-corrected chi connectivity index (χ1v) is 9.23. The Morgan fingerprint density at radius 2 is 1.46 bits per heavy atom. The highest BCUT2D eigenvalue weighted by molar-refractivity contribution is 5.99. The third kappa shape index (κ3) is 5.51. The van der Waals surface area contributed by atoms with E-state index in [0.717, 1.165) is 17.5 Å². The number of aryl methyl sites for hydroxylation is 1. The summed E-state index contributed by atoms with van der Waals surface area (Å²) in [6.07, 6.45) is 3.68. The van der Waals surface area contributed by atoms with Gasteiger partial charge in [-0.3, -0.25) is 14.6 Å². The lowest BCUT2D eigenvalue weighted by molar-refractivity contribution is 0.0950. The zero-order chi connectivity index (χ0) is 19.8. The number of rotatable bonds is 7. The summed E-state index contributed by atoms with van der Waals surface area (Å²) in [5, 5.41) is 5.72. The van der Waals surface area contributed by atoms with Crippen LogP contribution < -0.4 is 10.6 Å². The van der Waals surface area contributed by atoms with Crippen molar-refractivity contribution in [2.45, 2.75) is 19.9 Å². The standard InChI is InChI=1S/C23H23N3O2/c1-17-7-9-19(10-8-17)14-26-23(28)21-13-20(15-24-16-21)22(27)25-12-11-18-5-3-2-4-6-18/h2-10,13,15-16H,11-12,14H2,1H3,(H,25,27)(H,26,28). The van der Waals surface area contributed by atoms with Gasteiger partial charge in [0.25, 0.3) is 11.8 Å². The van der Waals surface area contributed by atoms with Crippen molar-refractivity contribution in [1.82, 2.24) is 15.6 Å². The van der Waals surface area contributed by atoms with Crippen LogP contribution in [-0.2, 0) is 13.0 Å². The predicted octanol–water partition coefficient (Wildman–Crippen LogP) is 3.29. The highest BCUT2D eigenvalue weighted by Crippen LogP contribution is 2.06. The SMILES string of the molecule is Cc1ccc(CNC(=O)c2cncc(C(=O)NCCc3ccccc3)c2)cc1. The lowest BCUT2D eigenvalue weighted by atomic mass is 10.1. The summed E-state index contributed by atoms with van der Waals surface area (Å²) in [7, 11) is 0. The highest BCUT2D eigenvalue weighted by atomic mass is 16.2. The van der Waals surface area contributed by atoms with Crippen LogP contribution in [0.15, 0.2) is 73.1 Å². The zero-order valence-electron chi connectivity index (χ0n) is 15.8. The first kappa shape index (κ1) is 19.3. The molecule has 1 aromatic heterocycles. The van der Waals surface area contributed by atoms with Crippen LogP contribution in [0.3, 0.4) is 0 Å². The topological polar surface area (TPSA) is 71.1 Å². The Morgan fingerprint density at radius 3 is 2.14 bits per heavy atom. The molecule has 0 aliphatic heterocycles. The fourth-order valence-electron chi connectivity index (χ4n) is 2.75. The minimum atomic E-state index is -0.257. The second kappa shape index (κ2) is 9.46. The molecule has 2 aromatic carbocycles. The van der Waals surface area contributed by atoms with E-state index < -0.39 is 0 Å². The summed E-state index contributed by atoms with van der Waals surface area (Å²) < 4.78 is 0. The van der Waals surface area contributed by atoms with Crippen LogP contribution in [0.25, 0.3) is 0 Å². The molecule has 2 N–H and O–H groups in total. The smallest absolute Gasteiger partial charge is 0.253 e. The van der Waals surface area contributed by atoms with Crippen LogP contribution in [0.5, 0.6) is 0 Å². The average Bonchev–Trinajstić information content (AvgIpc) is 2.74. The molecule has 142 valence electrons. The first-order valence-electron chi connectivity index (χ1n) is 9.23. The van der Waals surface area contributed by atoms with E-state index >= 15 is 0 Å². The maximum absolute atomic E-state index is 12.4. The minimum absolute atomic E-state index is 0.239. The van der Waals surface area contributed by atoms with Gasteiger partial charge in [-0.15, -0.1) is 0 Å². The Bertz CT molecular complexity index is 938. The van der Waals surface area contributed by atoms with Gasteiger partial charge in [-0.1, -0.05) is 60.2 Å². The van der Waals surface area contributed by atoms with Gasteiger partial charge in [0.2, 0.25) is 0 Å². The molecule has 0 fully saturated rings. The van der Waals surface area contributed by atoms with Crippen molar-refractivity contribution in [3.8, 4) is 0 Å². The molecule has 28 heavy (non-hydrogen) atoms. The molecule has 0 saturated heterocycles. The van der Waals surface area contributed by atoms with Gasteiger partial charge in [0.15, 0.2) is 0 Å². The molecule has 0 unspecified atom stereocenters. The maximum Gasteiger partial charge on any atom is 0.253 e. The van der Waals surface area contributed by atoms with Gasteiger partial charge in [-0.05, 0) is 30.5 Å². The van der Waals surface area contributed by atoms with Gasteiger partial charge in [-0.25, -0.2) is 0 Å². The summed E-state index contributed by atoms with van der Waals surface area (Å²) in [5.74, 6) is -0.497. The average molecular weight is 373 g/mol. The fourth-order valence-corrected chi connectivity index (χ4v) is 2.75. The first-order chi connectivity index (χ1) is 13.6. The molecule has 0 radical (unpaired) electrons. The van der Waals surface area contributed by atoms with Gasteiger partial charge in [0.1, 0.15) is 0 Å². The molecule has 0 aliphatic carbocycles. The van der Waals surface area contributed by atoms with Gasteiger partial charge in [0, 0.05) is 25.5 Å². The number of aromatic nitrogens is 1. The number of carbonyl (C=O) groups excluding carboxylic acids is 2. The van der Waals surface area contributed by atoms with Crippen LogP contribution in [0.1, 0.15) is 37.4 Å². The second-order valence-corrected chi connectivity index (χ2v) is 6.62. The Morgan fingerprint density at radius 1 is 0.821 bits per heavy atom. The van der Waals surface area contributed by atoms with Crippen molar-refractivity contribution in [3.63, 3.8) is 0 Å². The van der Waals surface area contributed by atoms with Crippen LogP contribution >= 0.6 is 0 Å². The number of amides is 2. The van der Waals surface area contributed by atoms with E-state index in [1.54, 1.807) is 6.07 Å². The molecule has 2 amide bonds. The molecule has 5 nitrogen and oxygen atoms in total. The summed E-state index contributed by atoms with van der Waals surface area (Å²) in [6, 6.07) is 19.5. The van der Waals surface area contributed by atoms with Gasteiger partial charge in [0.05, 0.1) is 11.1 Å². The Labute approximate surface area is 164 Å². The van der Waals surface area contributed by atoms with E-state index in [9.17, 15) is 9.59 Å². The molecule has 0 bridgehead atoms. The summed E-state index contributed by atoms with van der Waals surface area (Å²) in [6.45, 7) is 2.96. The molecule has 1 heterocycles. The second-order valence-electron chi connectivity index (χ2n) is 6.62. The number of benzene rings is 2. The third-order valence-corrected chi connectivity index (χ3v) is 4.38. The van der Waals surface area contributed by atoms with E-state index in [1.807, 2.05) is 61.5 Å². The number of hydrogen-bond acceptors (Lipinski definition) is 3. The Kier molecular flexibility index (Phi) is 6.52. The van der Waals surface area contributed by atoms with Crippen molar-refractivity contribution < 1.29 is 9.59 Å². The monoisotopic (exact) mass is 373 g/mol. The number of nitrogens with zero attached hydrogens (tertiary/aromatic N) is 1. The predicted molar refractivity (Wildman–Crippen MR) is 109 cm³/mol. The highest BCUT2D eigenvalue weighted by Gasteiger charge is 2.11. The third-order valence-electron chi connectivity index (χ3n) is 4.38. The number of pyridine rings is 1. The Balaban J connectivity index is 1.54. The molecular formula is C23H23N3O2. The van der Waals surface area contributed by atoms with E-state index in [2.05, 4.69) is 15.6 Å². The molecule has 0 aliphatic rings. The molecule has 0 atom stereocenters. The molecule has 3 aromatic rings. The minimum Gasteiger partial charge on any atom is -0.352 e. The van der Waals surface area contributed by atoms with E-state index in [-0.39, 0.29) is 11.8 Å². The van der Waals surface area contributed by atoms with Crippen LogP contribution in [0.4, 0.5) is 0 Å². The van der Waals surface area contributed by atoms with Crippen molar-refractivity contribution in [2.24, 2.45) is 0 Å². The summed E-state index contributed by atoms with van der Waals surface area (Å²) in [5.41, 5.74) is 4.08. The summed E-state index contributed by atoms with van der Waals surface area (Å²) in [4.78, 5) is 28.8. The van der Waals surface area contributed by atoms with E-state index in [4.69, 9.17) is 0 Å². The van der Waals surface area contributed by atoms with E-state index in [1.165, 1.54) is 18.0 Å². The molecule has 5 heteroatoms. The zero-order valence-corrected chi connectivity index (χ0v) is 15.8. The largest absolute Gasteiger partial charge is 0.352 e. The van der Waals surface area contributed by atoms with Crippen LogP contribution in [0, 0.1) is 6.92 Å². The lowest BCUT2D eigenvalue weighted by Crippen LogP contribution is -2.27. The lowest BCUT2D eigenvalue weighted by Gasteiger charge is -2.08. The van der Waals surface area contributed by atoms with Gasteiger partial charge < -0.3 is 10.6 Å². The molecular weight excluding hydrogens is 350 g/mol. The summed E-state index contributed by atoms with van der Waals surface area (Å²) >= 11 is 0. The van der Waals surface area contributed by atoms with Crippen molar-refractivity contribution in [1.29, 1.82) is 0 Å². The normalized spacial score (nSPS) is 10.3. The van der Waals surface area contributed by atoms with Gasteiger partial charge in [-0.2, -0.15) is 0 Å². The van der Waals surface area contributed by atoms with Gasteiger partial charge >= 0.3 is 0 Å². The molecule has 3 rings (SSSR count). The van der Waals surface area contributed by atoms with E-state index in [0.29, 0.717) is 24.2 Å². The quantitative estimate of drug-likeness (QED) is 0.668. The van der Waals surface area contributed by atoms with Crippen LogP contribution in [0.2, 0.25) is 0 Å². The molecule has 0 saturated carbocycles. The maximum atomic E-state index is 12.4. The number of carbonyl (C=O) groups is 2. The van der Waals surface area contributed by atoms with Crippen LogP contribution in [-0.4, -0.2) is 23.3 Å². The molecule has 0 spiro atoms.